The van der Waals surface area contributed by atoms with Crippen molar-refractivity contribution in [2.24, 2.45) is 0 Å². The zero-order valence-corrected chi connectivity index (χ0v) is 13.1. The zero-order valence-electron chi connectivity index (χ0n) is 13.1. The number of amides is 1. The molecule has 7 nitrogen and oxygen atoms in total. The molecular weight excluding hydrogens is 282 g/mol. The van der Waals surface area contributed by atoms with Gasteiger partial charge < -0.3 is 19.9 Å². The van der Waals surface area contributed by atoms with E-state index in [4.69, 9.17) is 4.74 Å². The molecule has 3 rings (SSSR count). The molecule has 0 aromatic carbocycles. The second kappa shape index (κ2) is 5.47. The van der Waals surface area contributed by atoms with Crippen LogP contribution in [0.3, 0.4) is 0 Å². The largest absolute Gasteiger partial charge is 0.444 e. The van der Waals surface area contributed by atoms with Gasteiger partial charge in [0.15, 0.2) is 5.65 Å². The van der Waals surface area contributed by atoms with E-state index < -0.39 is 5.60 Å². The summed E-state index contributed by atoms with van der Waals surface area (Å²) in [6.45, 7) is 6.92. The van der Waals surface area contributed by atoms with Crippen LogP contribution in [0.25, 0.3) is 11.2 Å². The Bertz CT molecular complexity index is 676. The van der Waals surface area contributed by atoms with E-state index in [0.717, 1.165) is 23.4 Å². The van der Waals surface area contributed by atoms with Crippen LogP contribution in [-0.2, 0) is 4.74 Å². The van der Waals surface area contributed by atoms with Crippen LogP contribution >= 0.6 is 0 Å². The molecule has 2 aromatic rings. The molecule has 1 saturated heterocycles. The van der Waals surface area contributed by atoms with Crippen LogP contribution in [0.4, 0.5) is 10.6 Å². The number of carbonyl (C=O) groups is 1. The van der Waals surface area contributed by atoms with E-state index >= 15 is 0 Å². The van der Waals surface area contributed by atoms with Gasteiger partial charge in [-0.1, -0.05) is 0 Å². The summed E-state index contributed by atoms with van der Waals surface area (Å²) in [5.41, 5.74) is 1.13. The number of nitrogens with one attached hydrogen (secondary N) is 2. The number of H-pyrrole nitrogens is 1. The third-order valence-corrected chi connectivity index (χ3v) is 3.45. The molecule has 7 heteroatoms. The van der Waals surface area contributed by atoms with Crippen LogP contribution in [-0.4, -0.2) is 50.7 Å². The average molecular weight is 303 g/mol. The number of aromatic nitrogens is 3. The number of aromatic amines is 1. The third kappa shape index (κ3) is 3.29. The lowest BCUT2D eigenvalue weighted by atomic mass is 10.2. The highest BCUT2D eigenvalue weighted by molar-refractivity contribution is 5.72. The standard InChI is InChI=1S/C15H21N5O2/c1-15(2,3)22-14(21)20-7-5-10(9-20)18-12-8-17-13-11(19-12)4-6-16-13/h4,6,8,10H,5,7,9H2,1-3H3,(H,16,17)(H,18,19)/t10-/m1/s1. The van der Waals surface area contributed by atoms with Crippen molar-refractivity contribution < 1.29 is 9.53 Å². The van der Waals surface area contributed by atoms with Crippen molar-refractivity contribution in [3.05, 3.63) is 18.5 Å². The van der Waals surface area contributed by atoms with Crippen molar-refractivity contribution in [1.29, 1.82) is 0 Å². The highest BCUT2D eigenvalue weighted by Gasteiger charge is 2.29. The molecule has 1 aliphatic heterocycles. The molecule has 0 spiro atoms. The molecule has 0 unspecified atom stereocenters. The van der Waals surface area contributed by atoms with Gasteiger partial charge >= 0.3 is 6.09 Å². The fraction of sp³-hybridized carbons (Fsp3) is 0.533. The van der Waals surface area contributed by atoms with Crippen LogP contribution in [0.5, 0.6) is 0 Å². The summed E-state index contributed by atoms with van der Waals surface area (Å²) in [7, 11) is 0. The predicted molar refractivity (Wildman–Crippen MR) is 83.7 cm³/mol. The number of fused-ring (bicyclic) bond motifs is 1. The Balaban J connectivity index is 1.59. The highest BCUT2D eigenvalue weighted by atomic mass is 16.6. The maximum atomic E-state index is 12.0. The number of hydrogen-bond acceptors (Lipinski definition) is 5. The van der Waals surface area contributed by atoms with Crippen molar-refractivity contribution in [2.75, 3.05) is 18.4 Å². The number of hydrogen-bond donors (Lipinski definition) is 2. The number of ether oxygens (including phenoxy) is 1. The number of rotatable bonds is 2. The third-order valence-electron chi connectivity index (χ3n) is 3.45. The predicted octanol–water partition coefficient (Wildman–Crippen LogP) is 2.38. The van der Waals surface area contributed by atoms with E-state index in [1.807, 2.05) is 33.0 Å². The van der Waals surface area contributed by atoms with Crippen molar-refractivity contribution in [3.63, 3.8) is 0 Å². The Morgan fingerprint density at radius 3 is 3.09 bits per heavy atom. The highest BCUT2D eigenvalue weighted by Crippen LogP contribution is 2.18. The number of nitrogens with zero attached hydrogens (tertiary/aromatic N) is 3. The second-order valence-electron chi connectivity index (χ2n) is 6.52. The Hall–Kier alpha value is -2.31. The van der Waals surface area contributed by atoms with Crippen molar-refractivity contribution >= 4 is 23.1 Å². The summed E-state index contributed by atoms with van der Waals surface area (Å²) >= 11 is 0. The maximum Gasteiger partial charge on any atom is 0.410 e. The molecule has 3 heterocycles. The maximum absolute atomic E-state index is 12.0. The monoisotopic (exact) mass is 303 g/mol. The Morgan fingerprint density at radius 2 is 2.32 bits per heavy atom. The normalized spacial score (nSPS) is 18.7. The van der Waals surface area contributed by atoms with Crippen molar-refractivity contribution in [1.82, 2.24) is 19.9 Å². The molecule has 1 fully saturated rings. The Morgan fingerprint density at radius 1 is 1.50 bits per heavy atom. The number of carbonyl (C=O) groups excluding carboxylic acids is 1. The lowest BCUT2D eigenvalue weighted by molar-refractivity contribution is 0.0293. The number of anilines is 1. The SMILES string of the molecule is CC(C)(C)OC(=O)N1CC[C@@H](Nc2cnc3[nH]ccc3n2)C1. The van der Waals surface area contributed by atoms with Crippen LogP contribution in [0.15, 0.2) is 18.5 Å². The molecule has 0 radical (unpaired) electrons. The lowest BCUT2D eigenvalue weighted by Crippen LogP contribution is -2.36. The summed E-state index contributed by atoms with van der Waals surface area (Å²) in [5, 5.41) is 3.33. The molecule has 0 aliphatic carbocycles. The van der Waals surface area contributed by atoms with E-state index in [9.17, 15) is 4.79 Å². The Labute approximate surface area is 129 Å². The smallest absolute Gasteiger partial charge is 0.410 e. The first-order valence-electron chi connectivity index (χ1n) is 7.45. The molecule has 22 heavy (non-hydrogen) atoms. The Kier molecular flexibility index (Phi) is 3.64. The minimum Gasteiger partial charge on any atom is -0.444 e. The molecule has 118 valence electrons. The first-order chi connectivity index (χ1) is 10.4. The molecule has 2 aromatic heterocycles. The van der Waals surface area contributed by atoms with E-state index in [-0.39, 0.29) is 12.1 Å². The first-order valence-corrected chi connectivity index (χ1v) is 7.45. The molecule has 1 aliphatic rings. The number of likely N-dealkylation sites (tertiary alicyclic amines) is 1. The summed E-state index contributed by atoms with van der Waals surface area (Å²) < 4.78 is 5.39. The molecule has 0 saturated carbocycles. The zero-order chi connectivity index (χ0) is 15.7. The quantitative estimate of drug-likeness (QED) is 0.890. The van der Waals surface area contributed by atoms with Crippen molar-refractivity contribution in [3.8, 4) is 0 Å². The van der Waals surface area contributed by atoms with Gasteiger partial charge in [0.05, 0.1) is 6.20 Å². The summed E-state index contributed by atoms with van der Waals surface area (Å²) in [6, 6.07) is 2.05. The van der Waals surface area contributed by atoms with Gasteiger partial charge in [0, 0.05) is 25.3 Å². The van der Waals surface area contributed by atoms with Crippen LogP contribution < -0.4 is 5.32 Å². The van der Waals surface area contributed by atoms with Gasteiger partial charge in [0.1, 0.15) is 16.9 Å². The van der Waals surface area contributed by atoms with Crippen molar-refractivity contribution in [2.45, 2.75) is 38.8 Å². The fourth-order valence-corrected chi connectivity index (χ4v) is 2.48. The van der Waals surface area contributed by atoms with Gasteiger partial charge in [-0.15, -0.1) is 0 Å². The summed E-state index contributed by atoms with van der Waals surface area (Å²) in [6.07, 6.45) is 4.12. The van der Waals surface area contributed by atoms with Crippen LogP contribution in [0, 0.1) is 0 Å². The van der Waals surface area contributed by atoms with Gasteiger partial charge in [-0.25, -0.2) is 14.8 Å². The lowest BCUT2D eigenvalue weighted by Gasteiger charge is -2.24. The summed E-state index contributed by atoms with van der Waals surface area (Å²) in [5.74, 6) is 0.725. The minimum absolute atomic E-state index is 0.165. The van der Waals surface area contributed by atoms with Crippen LogP contribution in [0.2, 0.25) is 0 Å². The molecular formula is C15H21N5O2. The first kappa shape index (κ1) is 14.6. The second-order valence-corrected chi connectivity index (χ2v) is 6.52. The average Bonchev–Trinajstić information content (AvgIpc) is 3.04. The van der Waals surface area contributed by atoms with Crippen LogP contribution in [0.1, 0.15) is 27.2 Å². The topological polar surface area (TPSA) is 83.1 Å². The van der Waals surface area contributed by atoms with Gasteiger partial charge in [-0.3, -0.25) is 0 Å². The molecule has 1 atom stereocenters. The van der Waals surface area contributed by atoms with Gasteiger partial charge in [-0.2, -0.15) is 0 Å². The molecule has 2 N–H and O–H groups in total. The molecule has 0 bridgehead atoms. The minimum atomic E-state index is -0.465. The molecule has 1 amide bonds. The van der Waals surface area contributed by atoms with Gasteiger partial charge in [0.25, 0.3) is 0 Å². The van der Waals surface area contributed by atoms with E-state index in [1.54, 1.807) is 11.1 Å². The van der Waals surface area contributed by atoms with E-state index in [0.29, 0.717) is 13.1 Å². The summed E-state index contributed by atoms with van der Waals surface area (Å²) in [4.78, 5) is 25.6. The van der Waals surface area contributed by atoms with Gasteiger partial charge in [0.2, 0.25) is 0 Å². The van der Waals surface area contributed by atoms with Gasteiger partial charge in [-0.05, 0) is 33.3 Å². The fourth-order valence-electron chi connectivity index (χ4n) is 2.48. The van der Waals surface area contributed by atoms with E-state index in [2.05, 4.69) is 20.3 Å². The van der Waals surface area contributed by atoms with E-state index in [1.165, 1.54) is 0 Å².